The molecule has 3 rings (SSSR count). The lowest BCUT2D eigenvalue weighted by atomic mass is 10.1. The van der Waals surface area contributed by atoms with Gasteiger partial charge in [-0.15, -0.1) is 4.40 Å². The first-order chi connectivity index (χ1) is 10.6. The number of anilines is 1. The number of benzene rings is 1. The van der Waals surface area contributed by atoms with Gasteiger partial charge in [0.1, 0.15) is 5.75 Å². The predicted molar refractivity (Wildman–Crippen MR) is 83.1 cm³/mol. The van der Waals surface area contributed by atoms with E-state index >= 15 is 0 Å². The Labute approximate surface area is 128 Å². The second-order valence-electron chi connectivity index (χ2n) is 4.65. The molecule has 0 amide bonds. The second-order valence-corrected chi connectivity index (χ2v) is 5.99. The molecule has 114 valence electrons. The maximum atomic E-state index is 11.5. The Bertz CT molecular complexity index is 819. The average molecular weight is 318 g/mol. The van der Waals surface area contributed by atoms with Crippen molar-refractivity contribution in [2.75, 3.05) is 11.3 Å². The van der Waals surface area contributed by atoms with Crippen LogP contribution in [-0.2, 0) is 16.6 Å². The summed E-state index contributed by atoms with van der Waals surface area (Å²) < 4.78 is 34.5. The van der Waals surface area contributed by atoms with Crippen LogP contribution in [0, 0.1) is 0 Å². The van der Waals surface area contributed by atoms with Crippen LogP contribution in [0.4, 0.5) is 5.69 Å². The van der Waals surface area contributed by atoms with Gasteiger partial charge in [0.2, 0.25) is 0 Å². The van der Waals surface area contributed by atoms with Gasteiger partial charge in [-0.1, -0.05) is 12.1 Å². The van der Waals surface area contributed by atoms with Crippen LogP contribution in [0.25, 0.3) is 0 Å². The molecule has 2 aromatic rings. The quantitative estimate of drug-likeness (QED) is 0.877. The third-order valence-corrected chi connectivity index (χ3v) is 4.00. The number of aromatic nitrogens is 1. The highest BCUT2D eigenvalue weighted by Crippen LogP contribution is 2.30. The van der Waals surface area contributed by atoms with Crippen LogP contribution in [-0.4, -0.2) is 25.8 Å². The molecule has 22 heavy (non-hydrogen) atoms. The highest BCUT2D eigenvalue weighted by molar-refractivity contribution is 7.91. The van der Waals surface area contributed by atoms with Crippen molar-refractivity contribution >= 4 is 21.7 Å². The molecule has 1 aromatic carbocycles. The van der Waals surface area contributed by atoms with Crippen LogP contribution in [0.3, 0.4) is 0 Å². The molecular formula is C14H14N4O3S. The van der Waals surface area contributed by atoms with Crippen molar-refractivity contribution < 1.29 is 13.2 Å². The molecule has 0 radical (unpaired) electrons. The molecule has 8 heteroatoms. The maximum Gasteiger partial charge on any atom is 0.344 e. The lowest BCUT2D eigenvalue weighted by Crippen LogP contribution is -2.27. The highest BCUT2D eigenvalue weighted by atomic mass is 32.2. The van der Waals surface area contributed by atoms with E-state index in [1.165, 1.54) is 0 Å². The Balaban J connectivity index is 1.79. The number of rotatable bonds is 4. The number of nitrogens with two attached hydrogens (primary N) is 1. The Morgan fingerprint density at radius 3 is 2.82 bits per heavy atom. The van der Waals surface area contributed by atoms with Crippen molar-refractivity contribution in [1.82, 2.24) is 4.98 Å². The molecule has 0 atom stereocenters. The molecule has 0 aliphatic carbocycles. The summed E-state index contributed by atoms with van der Waals surface area (Å²) in [6.45, 7) is 0.396. The van der Waals surface area contributed by atoms with E-state index in [9.17, 15) is 8.42 Å². The first-order valence-corrected chi connectivity index (χ1v) is 8.03. The van der Waals surface area contributed by atoms with E-state index < -0.39 is 10.2 Å². The monoisotopic (exact) mass is 318 g/mol. The summed E-state index contributed by atoms with van der Waals surface area (Å²) in [5.41, 5.74) is 7.48. The fraction of sp³-hybridized carbons (Fsp3) is 0.143. The van der Waals surface area contributed by atoms with Gasteiger partial charge in [0, 0.05) is 18.3 Å². The number of nitrogens with zero attached hydrogens (tertiary/aromatic N) is 2. The predicted octanol–water partition coefficient (Wildman–Crippen LogP) is 1.08. The Kier molecular flexibility index (Phi) is 3.68. The normalized spacial score (nSPS) is 15.4. The van der Waals surface area contributed by atoms with Crippen molar-refractivity contribution in [2.45, 2.75) is 6.42 Å². The number of hydrogen-bond donors (Lipinski definition) is 2. The second kappa shape index (κ2) is 5.64. The van der Waals surface area contributed by atoms with Crippen molar-refractivity contribution in [1.29, 1.82) is 0 Å². The largest absolute Gasteiger partial charge is 0.492 e. The number of ether oxygens (including phenoxy) is 1. The number of amidine groups is 1. The Hall–Kier alpha value is -2.61. The van der Waals surface area contributed by atoms with Gasteiger partial charge in [-0.05, 0) is 24.3 Å². The molecular weight excluding hydrogens is 304 g/mol. The van der Waals surface area contributed by atoms with Crippen molar-refractivity contribution in [3.05, 3.63) is 53.9 Å². The minimum Gasteiger partial charge on any atom is -0.492 e. The van der Waals surface area contributed by atoms with E-state index in [0.29, 0.717) is 30.0 Å². The van der Waals surface area contributed by atoms with Gasteiger partial charge in [0.25, 0.3) is 0 Å². The van der Waals surface area contributed by atoms with E-state index in [1.54, 1.807) is 24.4 Å². The van der Waals surface area contributed by atoms with Gasteiger partial charge in [0.05, 0.1) is 17.9 Å². The van der Waals surface area contributed by atoms with E-state index in [1.807, 2.05) is 18.2 Å². The van der Waals surface area contributed by atoms with E-state index in [0.717, 1.165) is 5.69 Å². The molecule has 0 saturated carbocycles. The standard InChI is InChI=1S/C14H14N4O3S/c15-14-13-11(17-22(19,20)18-14)5-3-6-12(13)21-9-7-10-4-1-2-8-16-10/h1-6,8,17H,7,9H2,(H2,15,18). The van der Waals surface area contributed by atoms with Crippen LogP contribution in [0.15, 0.2) is 47.0 Å². The summed E-state index contributed by atoms with van der Waals surface area (Å²) in [7, 11) is -3.78. The summed E-state index contributed by atoms with van der Waals surface area (Å²) in [5.74, 6) is 0.402. The zero-order chi connectivity index (χ0) is 15.6. The summed E-state index contributed by atoms with van der Waals surface area (Å²) in [5, 5.41) is 0. The van der Waals surface area contributed by atoms with Gasteiger partial charge in [0.15, 0.2) is 5.84 Å². The van der Waals surface area contributed by atoms with Gasteiger partial charge in [-0.3, -0.25) is 9.71 Å². The number of pyridine rings is 1. The van der Waals surface area contributed by atoms with E-state index in [4.69, 9.17) is 10.5 Å². The molecule has 7 nitrogen and oxygen atoms in total. The average Bonchev–Trinajstić information content (AvgIpc) is 2.46. The van der Waals surface area contributed by atoms with Crippen molar-refractivity contribution in [3.63, 3.8) is 0 Å². The molecule has 0 spiro atoms. The molecule has 1 aromatic heterocycles. The van der Waals surface area contributed by atoms with Crippen molar-refractivity contribution in [3.8, 4) is 5.75 Å². The summed E-state index contributed by atoms with van der Waals surface area (Å²) in [6.07, 6.45) is 2.35. The third kappa shape index (κ3) is 3.01. The highest BCUT2D eigenvalue weighted by Gasteiger charge is 2.24. The van der Waals surface area contributed by atoms with E-state index in [2.05, 4.69) is 14.1 Å². The van der Waals surface area contributed by atoms with Crippen LogP contribution >= 0.6 is 0 Å². The van der Waals surface area contributed by atoms with E-state index in [-0.39, 0.29) is 5.84 Å². The molecule has 2 heterocycles. The molecule has 0 fully saturated rings. The Morgan fingerprint density at radius 1 is 1.18 bits per heavy atom. The van der Waals surface area contributed by atoms with Crippen LogP contribution in [0.5, 0.6) is 5.75 Å². The lowest BCUT2D eigenvalue weighted by Gasteiger charge is -2.19. The third-order valence-electron chi connectivity index (χ3n) is 3.08. The smallest absolute Gasteiger partial charge is 0.344 e. The zero-order valence-corrected chi connectivity index (χ0v) is 12.4. The van der Waals surface area contributed by atoms with Crippen LogP contribution in [0.2, 0.25) is 0 Å². The Morgan fingerprint density at radius 2 is 2.05 bits per heavy atom. The molecule has 0 bridgehead atoms. The minimum absolute atomic E-state index is 0.0813. The fourth-order valence-electron chi connectivity index (χ4n) is 2.15. The maximum absolute atomic E-state index is 11.5. The number of hydrogen-bond acceptors (Lipinski definition) is 5. The van der Waals surface area contributed by atoms with Crippen LogP contribution < -0.4 is 15.2 Å². The first-order valence-electron chi connectivity index (χ1n) is 6.59. The summed E-state index contributed by atoms with van der Waals surface area (Å²) >= 11 is 0. The van der Waals surface area contributed by atoms with Crippen LogP contribution in [0.1, 0.15) is 11.3 Å². The summed E-state index contributed by atoms with van der Waals surface area (Å²) in [4.78, 5) is 4.21. The first kappa shape index (κ1) is 14.3. The fourth-order valence-corrected chi connectivity index (χ4v) is 2.99. The molecule has 1 aliphatic heterocycles. The minimum atomic E-state index is -3.78. The lowest BCUT2D eigenvalue weighted by molar-refractivity contribution is 0.320. The summed E-state index contributed by atoms with van der Waals surface area (Å²) in [6, 6.07) is 10.7. The zero-order valence-electron chi connectivity index (χ0n) is 11.6. The van der Waals surface area contributed by atoms with Gasteiger partial charge < -0.3 is 10.5 Å². The molecule has 1 aliphatic rings. The molecule has 0 unspecified atom stereocenters. The topological polar surface area (TPSA) is 107 Å². The van der Waals surface area contributed by atoms with Gasteiger partial charge in [-0.25, -0.2) is 0 Å². The van der Waals surface area contributed by atoms with Gasteiger partial charge in [-0.2, -0.15) is 8.42 Å². The number of nitrogens with one attached hydrogen (secondary N) is 1. The number of fused-ring (bicyclic) bond motifs is 1. The molecule has 0 saturated heterocycles. The molecule has 3 N–H and O–H groups in total. The van der Waals surface area contributed by atoms with Crippen molar-refractivity contribution in [2.24, 2.45) is 10.1 Å². The van der Waals surface area contributed by atoms with Gasteiger partial charge >= 0.3 is 10.2 Å². The SMILES string of the molecule is NC1=NS(=O)(=O)Nc2cccc(OCCc3ccccn3)c21.